The lowest BCUT2D eigenvalue weighted by Gasteiger charge is -2.01. The van der Waals surface area contributed by atoms with Gasteiger partial charge in [-0.2, -0.15) is 0 Å². The van der Waals surface area contributed by atoms with Gasteiger partial charge in [0.2, 0.25) is 0 Å². The number of aliphatic hydroxyl groups is 1. The zero-order valence-corrected chi connectivity index (χ0v) is 13.1. The predicted molar refractivity (Wildman–Crippen MR) is 82.8 cm³/mol. The van der Waals surface area contributed by atoms with Gasteiger partial charge in [-0.05, 0) is 25.3 Å². The van der Waals surface area contributed by atoms with Crippen molar-refractivity contribution in [2.75, 3.05) is 6.61 Å². The van der Waals surface area contributed by atoms with Gasteiger partial charge < -0.3 is 5.11 Å². The summed E-state index contributed by atoms with van der Waals surface area (Å²) in [5.74, 6) is 9.44. The van der Waals surface area contributed by atoms with Gasteiger partial charge in [0.25, 0.3) is 0 Å². The van der Waals surface area contributed by atoms with Gasteiger partial charge in [-0.25, -0.2) is 0 Å². The Bertz CT molecular complexity index is 341. The second-order valence-corrected chi connectivity index (χ2v) is 10.1. The maximum Gasteiger partial charge on any atom is 0.129 e. The summed E-state index contributed by atoms with van der Waals surface area (Å²) in [7, 11) is -1.21. The van der Waals surface area contributed by atoms with Gasteiger partial charge in [-0.15, -0.1) is 17.4 Å². The molecule has 0 amide bonds. The molecule has 0 bridgehead atoms. The lowest BCUT2D eigenvalue weighted by atomic mass is 10.2. The van der Waals surface area contributed by atoms with Crippen LogP contribution in [0.2, 0.25) is 19.6 Å². The van der Waals surface area contributed by atoms with Crippen LogP contribution in [0.4, 0.5) is 0 Å². The zero-order chi connectivity index (χ0) is 13.7. The van der Waals surface area contributed by atoms with Gasteiger partial charge in [0.05, 0.1) is 0 Å². The summed E-state index contributed by atoms with van der Waals surface area (Å²) in [5, 5.41) is 8.61. The summed E-state index contributed by atoms with van der Waals surface area (Å²) in [6.07, 6.45) is 10.0. The summed E-state index contributed by atoms with van der Waals surface area (Å²) in [5.41, 5.74) is 3.30. The van der Waals surface area contributed by atoms with Gasteiger partial charge in [0.15, 0.2) is 0 Å². The Morgan fingerprint density at radius 3 is 2.39 bits per heavy atom. The number of rotatable bonds is 6. The third kappa shape index (κ3) is 15.0. The van der Waals surface area contributed by atoms with Crippen LogP contribution < -0.4 is 0 Å². The fourth-order valence-electron chi connectivity index (χ4n) is 1.23. The molecule has 0 saturated carbocycles. The smallest absolute Gasteiger partial charge is 0.129 e. The Kier molecular flexibility index (Phi) is 10.5. The molecule has 0 heterocycles. The van der Waals surface area contributed by atoms with Crippen LogP contribution in [0.1, 0.15) is 38.5 Å². The van der Waals surface area contributed by atoms with Crippen LogP contribution in [0.3, 0.4) is 0 Å². The van der Waals surface area contributed by atoms with E-state index < -0.39 is 8.07 Å². The van der Waals surface area contributed by atoms with Crippen LogP contribution in [-0.4, -0.2) is 19.8 Å². The summed E-state index contributed by atoms with van der Waals surface area (Å²) in [6.45, 7) is 7.04. The molecule has 1 N–H and O–H groups in total. The number of aliphatic hydroxyl groups excluding tert-OH is 1. The van der Waals surface area contributed by atoms with E-state index in [1.807, 2.05) is 6.08 Å². The minimum Gasteiger partial charge on any atom is -0.396 e. The molecule has 0 aromatic heterocycles. The molecule has 0 fully saturated rings. The maximum atomic E-state index is 8.61. The number of hydrogen-bond acceptors (Lipinski definition) is 1. The van der Waals surface area contributed by atoms with Crippen molar-refractivity contribution in [2.24, 2.45) is 0 Å². The van der Waals surface area contributed by atoms with Gasteiger partial charge in [-0.3, -0.25) is 0 Å². The molecule has 0 radical (unpaired) electrons. The lowest BCUT2D eigenvalue weighted by Crippen LogP contribution is -2.16. The van der Waals surface area contributed by atoms with Crippen LogP contribution >= 0.6 is 0 Å². The van der Waals surface area contributed by atoms with Crippen molar-refractivity contribution in [1.29, 1.82) is 0 Å². The molecule has 0 atom stereocenters. The van der Waals surface area contributed by atoms with Crippen molar-refractivity contribution in [3.05, 3.63) is 12.2 Å². The largest absolute Gasteiger partial charge is 0.396 e. The first-order valence-electron chi connectivity index (χ1n) is 6.80. The van der Waals surface area contributed by atoms with E-state index in [9.17, 15) is 0 Å². The normalized spacial score (nSPS) is 10.7. The van der Waals surface area contributed by atoms with Crippen LogP contribution in [-0.2, 0) is 0 Å². The number of allylic oxidation sites excluding steroid dienone is 2. The fraction of sp³-hybridized carbons (Fsp3) is 0.625. The van der Waals surface area contributed by atoms with E-state index >= 15 is 0 Å². The van der Waals surface area contributed by atoms with Gasteiger partial charge >= 0.3 is 0 Å². The molecule has 2 heteroatoms. The van der Waals surface area contributed by atoms with Crippen molar-refractivity contribution < 1.29 is 5.11 Å². The van der Waals surface area contributed by atoms with Gasteiger partial charge in [-0.1, -0.05) is 38.1 Å². The third-order valence-electron chi connectivity index (χ3n) is 2.17. The Labute approximate surface area is 114 Å². The highest BCUT2D eigenvalue weighted by atomic mass is 28.3. The van der Waals surface area contributed by atoms with E-state index in [1.165, 1.54) is 0 Å². The molecule has 0 unspecified atom stereocenters. The third-order valence-corrected chi connectivity index (χ3v) is 3.06. The fourth-order valence-corrected chi connectivity index (χ4v) is 1.75. The quantitative estimate of drug-likeness (QED) is 0.439. The van der Waals surface area contributed by atoms with Crippen molar-refractivity contribution in [1.82, 2.24) is 0 Å². The van der Waals surface area contributed by atoms with E-state index in [0.717, 1.165) is 38.5 Å². The molecular formula is C16H26OSi. The van der Waals surface area contributed by atoms with Crippen LogP contribution in [0.15, 0.2) is 12.2 Å². The SMILES string of the molecule is C[Si](C)(C)C#C/C=C\CCC#CCCCCCO. The van der Waals surface area contributed by atoms with E-state index in [2.05, 4.69) is 49.0 Å². The Morgan fingerprint density at radius 2 is 1.72 bits per heavy atom. The van der Waals surface area contributed by atoms with Crippen molar-refractivity contribution in [3.8, 4) is 23.3 Å². The predicted octanol–water partition coefficient (Wildman–Crippen LogP) is 3.76. The highest BCUT2D eigenvalue weighted by molar-refractivity contribution is 6.83. The Morgan fingerprint density at radius 1 is 1.00 bits per heavy atom. The number of hydrogen-bond donors (Lipinski definition) is 1. The van der Waals surface area contributed by atoms with Crippen LogP contribution in [0.5, 0.6) is 0 Å². The lowest BCUT2D eigenvalue weighted by molar-refractivity contribution is 0.283. The summed E-state index contributed by atoms with van der Waals surface area (Å²) in [4.78, 5) is 0. The maximum absolute atomic E-state index is 8.61. The second kappa shape index (κ2) is 11.1. The topological polar surface area (TPSA) is 20.2 Å². The average Bonchev–Trinajstić information content (AvgIpc) is 2.29. The molecule has 0 aliphatic heterocycles. The highest BCUT2D eigenvalue weighted by Gasteiger charge is 2.06. The summed E-state index contributed by atoms with van der Waals surface area (Å²) < 4.78 is 0. The first kappa shape index (κ1) is 17.0. The molecule has 0 rings (SSSR count). The molecule has 100 valence electrons. The van der Waals surface area contributed by atoms with Gasteiger partial charge in [0, 0.05) is 19.4 Å². The molecule has 0 saturated heterocycles. The van der Waals surface area contributed by atoms with Crippen LogP contribution in [0, 0.1) is 23.3 Å². The Hall–Kier alpha value is -0.963. The van der Waals surface area contributed by atoms with E-state index in [-0.39, 0.29) is 0 Å². The molecule has 0 aliphatic rings. The van der Waals surface area contributed by atoms with Crippen molar-refractivity contribution in [3.63, 3.8) is 0 Å². The first-order chi connectivity index (χ1) is 8.56. The van der Waals surface area contributed by atoms with Gasteiger partial charge in [0.1, 0.15) is 8.07 Å². The van der Waals surface area contributed by atoms with E-state index in [4.69, 9.17) is 5.11 Å². The summed E-state index contributed by atoms with van der Waals surface area (Å²) in [6, 6.07) is 0. The van der Waals surface area contributed by atoms with E-state index in [1.54, 1.807) is 0 Å². The minimum atomic E-state index is -1.21. The minimum absolute atomic E-state index is 0.302. The average molecular weight is 262 g/mol. The van der Waals surface area contributed by atoms with Crippen LogP contribution in [0.25, 0.3) is 0 Å². The molecule has 18 heavy (non-hydrogen) atoms. The Balaban J connectivity index is 3.52. The molecule has 0 aromatic carbocycles. The second-order valence-electron chi connectivity index (χ2n) is 5.35. The van der Waals surface area contributed by atoms with Crippen molar-refractivity contribution >= 4 is 8.07 Å². The van der Waals surface area contributed by atoms with E-state index in [0.29, 0.717) is 6.61 Å². The first-order valence-corrected chi connectivity index (χ1v) is 10.3. The number of unbranched alkanes of at least 4 members (excludes halogenated alkanes) is 4. The van der Waals surface area contributed by atoms with Crippen molar-refractivity contribution in [2.45, 2.75) is 58.2 Å². The monoisotopic (exact) mass is 262 g/mol. The molecule has 0 spiro atoms. The molecular weight excluding hydrogens is 236 g/mol. The standard InChI is InChI=1S/C16H26OSi/c1-18(2,3)16-14-12-10-8-6-4-5-7-9-11-13-15-17/h10,12,17H,6-9,11,13,15H2,1-3H3/b12-10-. The zero-order valence-electron chi connectivity index (χ0n) is 12.1. The highest BCUT2D eigenvalue weighted by Crippen LogP contribution is 1.98. The molecule has 0 aliphatic carbocycles. The molecule has 0 aromatic rings. The molecule has 1 nitrogen and oxygen atoms in total. The summed E-state index contributed by atoms with van der Waals surface area (Å²) >= 11 is 0.